The zero-order valence-corrected chi connectivity index (χ0v) is 11.6. The van der Waals surface area contributed by atoms with Crippen molar-refractivity contribution in [3.8, 4) is 0 Å². The molecule has 0 bridgehead atoms. The van der Waals surface area contributed by atoms with E-state index in [9.17, 15) is 9.59 Å². The molecule has 1 aliphatic heterocycles. The van der Waals surface area contributed by atoms with Gasteiger partial charge in [-0.3, -0.25) is 9.59 Å². The molecule has 1 aromatic rings. The average molecular weight is 266 g/mol. The molecule has 2 rings (SSSR count). The van der Waals surface area contributed by atoms with E-state index < -0.39 is 0 Å². The summed E-state index contributed by atoms with van der Waals surface area (Å²) in [6.07, 6.45) is 1.80. The van der Waals surface area contributed by atoms with Crippen molar-refractivity contribution in [2.45, 2.75) is 33.2 Å². The molecule has 0 radical (unpaired) electrons. The molecule has 4 nitrogen and oxygen atoms in total. The Balaban J connectivity index is 2.10. The van der Waals surface area contributed by atoms with E-state index >= 15 is 0 Å². The second-order valence-electron chi connectivity index (χ2n) is 4.51. The monoisotopic (exact) mass is 266 g/mol. The van der Waals surface area contributed by atoms with Gasteiger partial charge in [0.25, 0.3) is 5.91 Å². The Morgan fingerprint density at radius 2 is 2.28 bits per heavy atom. The molecule has 0 aromatic carbocycles. The summed E-state index contributed by atoms with van der Waals surface area (Å²) in [5.41, 5.74) is 1.13. The van der Waals surface area contributed by atoms with E-state index in [0.717, 1.165) is 29.8 Å². The minimum atomic E-state index is 0.00521. The first-order valence-electron chi connectivity index (χ1n) is 6.27. The zero-order valence-electron chi connectivity index (χ0n) is 10.8. The molecule has 0 unspecified atom stereocenters. The fraction of sp³-hybridized carbons (Fsp3) is 0.538. The lowest BCUT2D eigenvalue weighted by Crippen LogP contribution is -2.33. The van der Waals surface area contributed by atoms with E-state index in [1.165, 1.54) is 4.88 Å². The SMILES string of the molecule is CCCNC(=O)c1cc2c(s1)CCN(C(C)=O)C2. The summed E-state index contributed by atoms with van der Waals surface area (Å²) >= 11 is 1.56. The fourth-order valence-corrected chi connectivity index (χ4v) is 3.12. The van der Waals surface area contributed by atoms with E-state index in [1.807, 2.05) is 17.9 Å². The van der Waals surface area contributed by atoms with Gasteiger partial charge < -0.3 is 10.2 Å². The van der Waals surface area contributed by atoms with Crippen LogP contribution in [-0.2, 0) is 17.8 Å². The highest BCUT2D eigenvalue weighted by Crippen LogP contribution is 2.28. The maximum atomic E-state index is 11.9. The molecule has 0 saturated heterocycles. The average Bonchev–Trinajstić information content (AvgIpc) is 2.78. The molecule has 2 heterocycles. The Morgan fingerprint density at radius 3 is 2.94 bits per heavy atom. The molecule has 1 aliphatic rings. The van der Waals surface area contributed by atoms with Gasteiger partial charge in [-0.1, -0.05) is 6.92 Å². The normalized spacial score (nSPS) is 14.2. The predicted octanol–water partition coefficient (Wildman–Crippen LogP) is 1.79. The Morgan fingerprint density at radius 1 is 1.50 bits per heavy atom. The highest BCUT2D eigenvalue weighted by Gasteiger charge is 2.22. The van der Waals surface area contributed by atoms with Gasteiger partial charge in [0.05, 0.1) is 4.88 Å². The molecule has 0 saturated carbocycles. The van der Waals surface area contributed by atoms with Gasteiger partial charge in [0.15, 0.2) is 0 Å². The molecule has 2 amide bonds. The number of hydrogen-bond acceptors (Lipinski definition) is 3. The van der Waals surface area contributed by atoms with E-state index in [4.69, 9.17) is 0 Å². The third-order valence-corrected chi connectivity index (χ3v) is 4.31. The Kier molecular flexibility index (Phi) is 4.01. The van der Waals surface area contributed by atoms with Crippen LogP contribution < -0.4 is 5.32 Å². The van der Waals surface area contributed by atoms with Crippen LogP contribution in [0.15, 0.2) is 6.07 Å². The molecule has 0 aliphatic carbocycles. The Labute approximate surface area is 111 Å². The summed E-state index contributed by atoms with van der Waals surface area (Å²) < 4.78 is 0. The van der Waals surface area contributed by atoms with Crippen LogP contribution >= 0.6 is 11.3 Å². The van der Waals surface area contributed by atoms with E-state index in [-0.39, 0.29) is 11.8 Å². The largest absolute Gasteiger partial charge is 0.351 e. The fourth-order valence-electron chi connectivity index (χ4n) is 2.04. The second kappa shape index (κ2) is 5.52. The number of hydrogen-bond donors (Lipinski definition) is 1. The predicted molar refractivity (Wildman–Crippen MR) is 71.7 cm³/mol. The second-order valence-corrected chi connectivity index (χ2v) is 5.64. The van der Waals surface area contributed by atoms with Gasteiger partial charge in [0.2, 0.25) is 5.91 Å². The third kappa shape index (κ3) is 2.72. The number of nitrogens with zero attached hydrogens (tertiary/aromatic N) is 1. The number of carbonyl (C=O) groups excluding carboxylic acids is 2. The number of thiophene rings is 1. The molecular formula is C13H18N2O2S. The van der Waals surface area contributed by atoms with Crippen molar-refractivity contribution in [2.75, 3.05) is 13.1 Å². The lowest BCUT2D eigenvalue weighted by Gasteiger charge is -2.25. The Bertz CT molecular complexity index is 468. The molecule has 0 spiro atoms. The third-order valence-electron chi connectivity index (χ3n) is 3.07. The van der Waals surface area contributed by atoms with Gasteiger partial charge in [0.1, 0.15) is 0 Å². The summed E-state index contributed by atoms with van der Waals surface area (Å²) in [6, 6.07) is 1.93. The van der Waals surface area contributed by atoms with Crippen molar-refractivity contribution < 1.29 is 9.59 Å². The van der Waals surface area contributed by atoms with Crippen LogP contribution in [0.5, 0.6) is 0 Å². The van der Waals surface area contributed by atoms with Crippen LogP contribution in [0.3, 0.4) is 0 Å². The summed E-state index contributed by atoms with van der Waals surface area (Å²) in [5.74, 6) is 0.106. The molecule has 98 valence electrons. The maximum absolute atomic E-state index is 11.9. The van der Waals surface area contributed by atoms with Gasteiger partial charge in [-0.2, -0.15) is 0 Å². The minimum Gasteiger partial charge on any atom is -0.351 e. The summed E-state index contributed by atoms with van der Waals surface area (Å²) in [6.45, 7) is 5.73. The topological polar surface area (TPSA) is 49.4 Å². The van der Waals surface area contributed by atoms with Crippen molar-refractivity contribution in [3.05, 3.63) is 21.4 Å². The number of rotatable bonds is 3. The standard InChI is InChI=1S/C13H18N2O2S/c1-3-5-14-13(17)12-7-10-8-15(9(2)16)6-4-11(10)18-12/h7H,3-6,8H2,1-2H3,(H,14,17). The molecule has 18 heavy (non-hydrogen) atoms. The first-order valence-corrected chi connectivity index (χ1v) is 7.08. The van der Waals surface area contributed by atoms with Crippen molar-refractivity contribution in [1.29, 1.82) is 0 Å². The van der Waals surface area contributed by atoms with E-state index in [2.05, 4.69) is 5.32 Å². The van der Waals surface area contributed by atoms with Crippen molar-refractivity contribution in [3.63, 3.8) is 0 Å². The van der Waals surface area contributed by atoms with Crippen LogP contribution in [0.1, 0.15) is 40.4 Å². The van der Waals surface area contributed by atoms with Crippen LogP contribution in [0.2, 0.25) is 0 Å². The molecule has 0 atom stereocenters. The summed E-state index contributed by atoms with van der Waals surface area (Å²) in [7, 11) is 0. The maximum Gasteiger partial charge on any atom is 0.261 e. The lowest BCUT2D eigenvalue weighted by atomic mass is 10.1. The summed E-state index contributed by atoms with van der Waals surface area (Å²) in [5, 5.41) is 2.88. The van der Waals surface area contributed by atoms with E-state index in [1.54, 1.807) is 18.3 Å². The highest BCUT2D eigenvalue weighted by molar-refractivity contribution is 7.14. The quantitative estimate of drug-likeness (QED) is 0.907. The summed E-state index contributed by atoms with van der Waals surface area (Å²) in [4.78, 5) is 27.0. The van der Waals surface area contributed by atoms with Gasteiger partial charge in [-0.05, 0) is 24.5 Å². The number of amides is 2. The number of carbonyl (C=O) groups is 2. The van der Waals surface area contributed by atoms with Crippen LogP contribution in [0, 0.1) is 0 Å². The van der Waals surface area contributed by atoms with Gasteiger partial charge in [0, 0.05) is 31.4 Å². The zero-order chi connectivity index (χ0) is 13.1. The highest BCUT2D eigenvalue weighted by atomic mass is 32.1. The van der Waals surface area contributed by atoms with Crippen molar-refractivity contribution >= 4 is 23.2 Å². The Hall–Kier alpha value is -1.36. The van der Waals surface area contributed by atoms with Gasteiger partial charge in [-0.25, -0.2) is 0 Å². The minimum absolute atomic E-state index is 0.00521. The molecule has 1 N–H and O–H groups in total. The van der Waals surface area contributed by atoms with Crippen LogP contribution in [0.4, 0.5) is 0 Å². The smallest absolute Gasteiger partial charge is 0.261 e. The van der Waals surface area contributed by atoms with Crippen molar-refractivity contribution in [2.24, 2.45) is 0 Å². The van der Waals surface area contributed by atoms with Gasteiger partial charge >= 0.3 is 0 Å². The first-order chi connectivity index (χ1) is 8.61. The molecule has 5 heteroatoms. The molecular weight excluding hydrogens is 248 g/mol. The first kappa shape index (κ1) is 13.1. The van der Waals surface area contributed by atoms with Gasteiger partial charge in [-0.15, -0.1) is 11.3 Å². The molecule has 0 fully saturated rings. The number of fused-ring (bicyclic) bond motifs is 1. The van der Waals surface area contributed by atoms with Crippen LogP contribution in [-0.4, -0.2) is 29.8 Å². The lowest BCUT2D eigenvalue weighted by molar-refractivity contribution is -0.129. The van der Waals surface area contributed by atoms with Crippen LogP contribution in [0.25, 0.3) is 0 Å². The van der Waals surface area contributed by atoms with E-state index in [0.29, 0.717) is 13.1 Å². The molecule has 1 aromatic heterocycles. The number of nitrogens with one attached hydrogen (secondary N) is 1. The van der Waals surface area contributed by atoms with Crippen molar-refractivity contribution in [1.82, 2.24) is 10.2 Å².